The van der Waals surface area contributed by atoms with Crippen molar-refractivity contribution in [1.82, 2.24) is 40.4 Å². The van der Waals surface area contributed by atoms with Crippen LogP contribution < -0.4 is 10.6 Å². The van der Waals surface area contributed by atoms with E-state index in [9.17, 15) is 19.2 Å². The number of thiophene rings is 1. The lowest BCUT2D eigenvalue weighted by molar-refractivity contribution is -0.136. The summed E-state index contributed by atoms with van der Waals surface area (Å²) in [6, 6.07) is 13.9. The number of likely N-dealkylation sites (tertiary alicyclic amines) is 1. The Balaban J connectivity index is 1.02. The molecule has 0 bridgehead atoms. The number of carbonyl (C=O) groups excluding carboxylic acids is 4. The Morgan fingerprint density at radius 1 is 0.847 bits per heavy atom. The van der Waals surface area contributed by atoms with Crippen LogP contribution in [0.4, 0.5) is 9.59 Å². The summed E-state index contributed by atoms with van der Waals surface area (Å²) in [7, 11) is 0.854. The molecule has 2 aliphatic heterocycles. The number of aromatic nitrogens is 4. The molecule has 1 saturated carbocycles. The zero-order valence-electron chi connectivity index (χ0n) is 35.0. The van der Waals surface area contributed by atoms with Crippen LogP contribution in [0, 0.1) is 17.3 Å². The molecule has 14 nitrogen and oxygen atoms in total. The van der Waals surface area contributed by atoms with Crippen LogP contribution in [0.25, 0.3) is 42.8 Å². The summed E-state index contributed by atoms with van der Waals surface area (Å²) in [5, 5.41) is 7.60. The van der Waals surface area contributed by atoms with Crippen LogP contribution in [-0.2, 0) is 19.1 Å². The first-order valence-electron chi connectivity index (χ1n) is 20.5. The molecule has 312 valence electrons. The number of benzene rings is 2. The van der Waals surface area contributed by atoms with Crippen molar-refractivity contribution in [3.05, 3.63) is 60.3 Å². The number of aromatic amines is 2. The molecule has 8 rings (SSSR count). The fourth-order valence-corrected chi connectivity index (χ4v) is 12.8. The summed E-state index contributed by atoms with van der Waals surface area (Å²) in [5.41, 5.74) is 3.87. The molecule has 2 saturated heterocycles. The lowest BCUT2D eigenvalue weighted by Crippen LogP contribution is -2.52. The summed E-state index contributed by atoms with van der Waals surface area (Å²) in [6.45, 7) is 12.9. The topological polar surface area (TPSA) is 175 Å². The smallest absolute Gasteiger partial charge is 0.407 e. The Kier molecular flexibility index (Phi) is 10.6. The van der Waals surface area contributed by atoms with E-state index in [-0.39, 0.29) is 41.1 Å². The average molecular weight is 839 g/mol. The van der Waals surface area contributed by atoms with Gasteiger partial charge >= 0.3 is 12.2 Å². The maximum Gasteiger partial charge on any atom is 0.407 e. The van der Waals surface area contributed by atoms with Crippen molar-refractivity contribution < 1.29 is 28.7 Å². The summed E-state index contributed by atoms with van der Waals surface area (Å²) in [6.07, 6.45) is 4.31. The third-order valence-electron chi connectivity index (χ3n) is 12.4. The van der Waals surface area contributed by atoms with E-state index in [1.807, 2.05) is 43.7 Å². The number of nitrogens with zero attached hydrogens (tertiary/aromatic N) is 4. The maximum absolute atomic E-state index is 14.0. The molecule has 3 aromatic heterocycles. The van der Waals surface area contributed by atoms with Crippen molar-refractivity contribution in [2.45, 2.75) is 90.3 Å². The number of carbonyl (C=O) groups is 4. The van der Waals surface area contributed by atoms with Crippen LogP contribution in [0.3, 0.4) is 0 Å². The molecule has 1 aliphatic carbocycles. The monoisotopic (exact) mass is 838 g/mol. The minimum atomic E-state index is -1.76. The van der Waals surface area contributed by atoms with Crippen molar-refractivity contribution in [2.24, 2.45) is 17.3 Å². The van der Waals surface area contributed by atoms with Crippen LogP contribution in [-0.4, -0.2) is 101 Å². The van der Waals surface area contributed by atoms with Gasteiger partial charge in [-0.2, -0.15) is 0 Å². The van der Waals surface area contributed by atoms with Gasteiger partial charge in [0.15, 0.2) is 0 Å². The lowest BCUT2D eigenvalue weighted by Gasteiger charge is -2.30. The zero-order chi connectivity index (χ0) is 42.0. The van der Waals surface area contributed by atoms with Crippen molar-refractivity contribution in [3.63, 3.8) is 0 Å². The fraction of sp³-hybridized carbons (Fsp3) is 0.488. The number of nitrogens with one attached hydrogen (secondary N) is 4. The first-order valence-corrected chi connectivity index (χ1v) is 24.7. The van der Waals surface area contributed by atoms with E-state index in [4.69, 9.17) is 19.4 Å². The molecule has 5 aromatic rings. The Morgan fingerprint density at radius 3 is 2.15 bits per heavy atom. The van der Waals surface area contributed by atoms with Gasteiger partial charge in [-0.15, -0.1) is 11.3 Å². The van der Waals surface area contributed by atoms with E-state index in [0.717, 1.165) is 79.8 Å². The van der Waals surface area contributed by atoms with E-state index in [1.54, 1.807) is 11.3 Å². The Bertz CT molecular complexity index is 2430. The Hall–Kier alpha value is -5.22. The number of hydrogen-bond acceptors (Lipinski definition) is 9. The van der Waals surface area contributed by atoms with Crippen LogP contribution in [0.5, 0.6) is 0 Å². The molecule has 3 aliphatic rings. The highest BCUT2D eigenvalue weighted by molar-refractivity contribution is 7.18. The van der Waals surface area contributed by atoms with Gasteiger partial charge in [-0.3, -0.25) is 9.59 Å². The molecule has 4 N–H and O–H groups in total. The molecule has 4 amide bonds. The molecule has 5 heterocycles. The number of imidazole rings is 2. The van der Waals surface area contributed by atoms with E-state index in [1.165, 1.54) is 14.2 Å². The summed E-state index contributed by atoms with van der Waals surface area (Å²) >= 11 is 1.67. The van der Waals surface area contributed by atoms with E-state index >= 15 is 0 Å². The molecule has 1 spiro atoms. The van der Waals surface area contributed by atoms with Gasteiger partial charge in [0.1, 0.15) is 23.7 Å². The fourth-order valence-electron chi connectivity index (χ4n) is 8.97. The molecule has 59 heavy (non-hydrogen) atoms. The predicted molar refractivity (Wildman–Crippen MR) is 230 cm³/mol. The molecular formula is C43H54N8O6SSi. The van der Waals surface area contributed by atoms with Gasteiger partial charge in [-0.05, 0) is 77.8 Å². The Morgan fingerprint density at radius 2 is 1.51 bits per heavy atom. The highest BCUT2D eigenvalue weighted by Gasteiger charge is 2.55. The second kappa shape index (κ2) is 15.4. The third-order valence-corrected chi connectivity index (χ3v) is 16.3. The second-order valence-corrected chi connectivity index (χ2v) is 24.3. The predicted octanol–water partition coefficient (Wildman–Crippen LogP) is 7.78. The summed E-state index contributed by atoms with van der Waals surface area (Å²) < 4.78 is 9.66. The number of methoxy groups -OCH3 is 2. The normalized spacial score (nSPS) is 20.4. The highest BCUT2D eigenvalue weighted by Crippen LogP contribution is 2.58. The minimum Gasteiger partial charge on any atom is -0.453 e. The molecule has 2 aromatic carbocycles. The number of hydrogen-bond donors (Lipinski definition) is 4. The highest BCUT2D eigenvalue weighted by atomic mass is 32.1. The lowest BCUT2D eigenvalue weighted by atomic mass is 10.0. The summed E-state index contributed by atoms with van der Waals surface area (Å²) in [4.78, 5) is 75.3. The van der Waals surface area contributed by atoms with E-state index in [0.29, 0.717) is 12.7 Å². The first-order chi connectivity index (χ1) is 28.1. The van der Waals surface area contributed by atoms with Gasteiger partial charge in [-0.1, -0.05) is 59.0 Å². The van der Waals surface area contributed by atoms with Gasteiger partial charge in [0, 0.05) is 23.0 Å². The number of amides is 4. The second-order valence-electron chi connectivity index (χ2n) is 18.1. The maximum atomic E-state index is 14.0. The van der Waals surface area contributed by atoms with Gasteiger partial charge in [0.25, 0.3) is 0 Å². The van der Waals surface area contributed by atoms with Gasteiger partial charge in [-0.25, -0.2) is 19.6 Å². The molecular weight excluding hydrogens is 785 g/mol. The quantitative estimate of drug-likeness (QED) is 0.103. The van der Waals surface area contributed by atoms with Crippen molar-refractivity contribution >= 4 is 65.2 Å². The minimum absolute atomic E-state index is 0.107. The SMILES string of the molecule is COC(=O)NC(C(=O)N1CC2(CC2)C[C@H]1c1nc2c(ccc3cc(-c4ccc(-c5cnc(C6C[Si](C)(C)CN6C(=O)[C@@H](NC(=O)OC)C(C)C)[nH]5)s4)ccc32)[nH]1)C(C)C. The zero-order valence-corrected chi connectivity index (χ0v) is 36.8. The molecule has 4 atom stereocenters. The number of rotatable bonds is 10. The van der Waals surface area contributed by atoms with Crippen molar-refractivity contribution in [2.75, 3.05) is 26.9 Å². The van der Waals surface area contributed by atoms with E-state index in [2.05, 4.69) is 76.2 Å². The number of fused-ring (bicyclic) bond motifs is 3. The van der Waals surface area contributed by atoms with Crippen LogP contribution >= 0.6 is 11.3 Å². The molecule has 16 heteroatoms. The van der Waals surface area contributed by atoms with Crippen molar-refractivity contribution in [1.29, 1.82) is 0 Å². The summed E-state index contributed by atoms with van der Waals surface area (Å²) in [5.74, 6) is 1.08. The average Bonchev–Trinajstić information content (AvgIpc) is 3.81. The largest absolute Gasteiger partial charge is 0.453 e. The van der Waals surface area contributed by atoms with Crippen LogP contribution in [0.15, 0.2) is 48.7 Å². The van der Waals surface area contributed by atoms with Crippen LogP contribution in [0.1, 0.15) is 70.7 Å². The molecule has 3 fully saturated rings. The van der Waals surface area contributed by atoms with Gasteiger partial charge < -0.3 is 39.9 Å². The molecule has 2 unspecified atom stereocenters. The standard InChI is InChI=1S/C43H54N8O6SSi/c1-23(2)34(48-41(54)56-5)39(52)50-21-43(15-16-43)18-30(50)38-45-28-12-10-25-17-26(9-11-27(25)36(28)47-38)32-13-14-33(58-32)29-19-44-37(46-29)31-20-59(7,8)22-51(31)40(53)35(24(3)4)49-42(55)57-6/h9-14,17,19,23-24,30-31,34-35H,15-16,18,20-22H2,1-8H3,(H,44,46)(H,45,47)(H,48,54)(H,49,55)/t30-,31?,34?,35-/m0/s1. The van der Waals surface area contributed by atoms with Crippen molar-refractivity contribution in [3.8, 4) is 21.0 Å². The Labute approximate surface area is 348 Å². The third kappa shape index (κ3) is 7.84. The first kappa shape index (κ1) is 40.6. The number of ether oxygens (including phenoxy) is 2. The number of alkyl carbamates (subject to hydrolysis) is 2. The van der Waals surface area contributed by atoms with Crippen LogP contribution in [0.2, 0.25) is 19.1 Å². The molecule has 0 radical (unpaired) electrons. The van der Waals surface area contributed by atoms with Gasteiger partial charge in [0.05, 0.1) is 62.2 Å². The van der Waals surface area contributed by atoms with Gasteiger partial charge in [0.2, 0.25) is 11.8 Å². The number of H-pyrrole nitrogens is 2. The van der Waals surface area contributed by atoms with E-state index < -0.39 is 32.3 Å².